The fourth-order valence-corrected chi connectivity index (χ4v) is 2.12. The third-order valence-electron chi connectivity index (χ3n) is 2.95. The number of rotatable bonds is 2. The highest BCUT2D eigenvalue weighted by atomic mass is 14.9. The van der Waals surface area contributed by atoms with E-state index in [-0.39, 0.29) is 0 Å². The van der Waals surface area contributed by atoms with Crippen LogP contribution < -0.4 is 0 Å². The molecule has 3 heteroatoms. The second-order valence-electron chi connectivity index (χ2n) is 4.10. The Labute approximate surface area is 94.3 Å². The predicted octanol–water partition coefficient (Wildman–Crippen LogP) is 2.38. The number of nitrogens with one attached hydrogen (secondary N) is 1. The number of H-pyrrole nitrogens is 1. The van der Waals surface area contributed by atoms with Gasteiger partial charge in [0.1, 0.15) is 0 Å². The molecule has 0 aromatic carbocycles. The van der Waals surface area contributed by atoms with Crippen LogP contribution in [0.3, 0.4) is 0 Å². The molecule has 2 aromatic rings. The lowest BCUT2D eigenvalue weighted by molar-refractivity contribution is 0.868. The smallest absolute Gasteiger partial charge is 0.0921 e. The van der Waals surface area contributed by atoms with Gasteiger partial charge in [-0.2, -0.15) is 0 Å². The normalized spacial score (nSPS) is 14.4. The van der Waals surface area contributed by atoms with E-state index in [1.807, 2.05) is 18.5 Å². The number of aromatic nitrogens is 3. The number of allylic oxidation sites excluding steroid dienone is 1. The van der Waals surface area contributed by atoms with Crippen molar-refractivity contribution in [2.24, 2.45) is 0 Å². The summed E-state index contributed by atoms with van der Waals surface area (Å²) in [6.07, 6.45) is 10.9. The summed E-state index contributed by atoms with van der Waals surface area (Å²) < 4.78 is 0. The van der Waals surface area contributed by atoms with E-state index in [2.05, 4.69) is 27.1 Å². The van der Waals surface area contributed by atoms with E-state index in [9.17, 15) is 0 Å². The molecule has 16 heavy (non-hydrogen) atoms. The number of hydrogen-bond donors (Lipinski definition) is 1. The number of pyridine rings is 1. The molecular weight excluding hydrogens is 198 g/mol. The van der Waals surface area contributed by atoms with E-state index < -0.39 is 0 Å². The van der Waals surface area contributed by atoms with Gasteiger partial charge >= 0.3 is 0 Å². The minimum atomic E-state index is 0.954. The topological polar surface area (TPSA) is 41.6 Å². The van der Waals surface area contributed by atoms with Gasteiger partial charge in [0.15, 0.2) is 0 Å². The highest BCUT2D eigenvalue weighted by Gasteiger charge is 2.11. The van der Waals surface area contributed by atoms with E-state index in [0.29, 0.717) is 0 Å². The van der Waals surface area contributed by atoms with E-state index in [4.69, 9.17) is 0 Å². The average Bonchev–Trinajstić information content (AvgIpc) is 2.82. The molecule has 0 saturated carbocycles. The zero-order valence-corrected chi connectivity index (χ0v) is 8.98. The first-order valence-corrected chi connectivity index (χ1v) is 5.52. The Hall–Kier alpha value is -1.90. The molecule has 0 radical (unpaired) electrons. The molecule has 0 atom stereocenters. The molecule has 0 bridgehead atoms. The largest absolute Gasteiger partial charge is 0.348 e. The Balaban J connectivity index is 1.86. The standard InChI is InChI=1S/C13H13N3/c1-2-11-4-3-10(7-13(11)15-5-1)6-12-8-14-9-16-12/h1-2,5,7-9H,3-4,6H2,(H,14,16). The van der Waals surface area contributed by atoms with Crippen molar-refractivity contribution >= 4 is 6.08 Å². The number of hydrogen-bond acceptors (Lipinski definition) is 2. The first-order chi connectivity index (χ1) is 7.92. The maximum absolute atomic E-state index is 4.40. The van der Waals surface area contributed by atoms with Gasteiger partial charge in [-0.1, -0.05) is 11.6 Å². The van der Waals surface area contributed by atoms with Gasteiger partial charge in [-0.25, -0.2) is 4.98 Å². The first-order valence-electron chi connectivity index (χ1n) is 5.52. The van der Waals surface area contributed by atoms with Crippen LogP contribution in [-0.4, -0.2) is 15.0 Å². The van der Waals surface area contributed by atoms with Crippen LogP contribution in [-0.2, 0) is 12.8 Å². The highest BCUT2D eigenvalue weighted by molar-refractivity contribution is 5.56. The van der Waals surface area contributed by atoms with Crippen molar-refractivity contribution in [3.05, 3.63) is 53.4 Å². The summed E-state index contributed by atoms with van der Waals surface area (Å²) in [6, 6.07) is 4.17. The fraction of sp³-hybridized carbons (Fsp3) is 0.231. The van der Waals surface area contributed by atoms with Gasteiger partial charge in [0.05, 0.1) is 12.0 Å². The Morgan fingerprint density at radius 3 is 3.19 bits per heavy atom. The number of nitrogens with zero attached hydrogens (tertiary/aromatic N) is 2. The summed E-state index contributed by atoms with van der Waals surface area (Å²) >= 11 is 0. The number of aryl methyl sites for hydroxylation is 1. The van der Waals surface area contributed by atoms with Crippen molar-refractivity contribution in [2.45, 2.75) is 19.3 Å². The molecule has 0 spiro atoms. The second kappa shape index (κ2) is 3.93. The molecule has 0 fully saturated rings. The van der Waals surface area contributed by atoms with Gasteiger partial charge in [0.2, 0.25) is 0 Å². The molecule has 1 aliphatic carbocycles. The number of fused-ring (bicyclic) bond motifs is 1. The highest BCUT2D eigenvalue weighted by Crippen LogP contribution is 2.23. The average molecular weight is 211 g/mol. The monoisotopic (exact) mass is 211 g/mol. The molecular formula is C13H13N3. The Morgan fingerprint density at radius 2 is 2.31 bits per heavy atom. The lowest BCUT2D eigenvalue weighted by Gasteiger charge is -2.14. The summed E-state index contributed by atoms with van der Waals surface area (Å²) in [5, 5.41) is 0. The second-order valence-corrected chi connectivity index (χ2v) is 4.10. The van der Waals surface area contributed by atoms with E-state index in [0.717, 1.165) is 25.0 Å². The zero-order valence-electron chi connectivity index (χ0n) is 8.98. The van der Waals surface area contributed by atoms with E-state index in [1.165, 1.54) is 16.8 Å². The Kier molecular flexibility index (Phi) is 2.29. The van der Waals surface area contributed by atoms with Crippen molar-refractivity contribution < 1.29 is 0 Å². The third kappa shape index (κ3) is 1.76. The van der Waals surface area contributed by atoms with Gasteiger partial charge in [0.25, 0.3) is 0 Å². The lowest BCUT2D eigenvalue weighted by atomic mass is 9.93. The quantitative estimate of drug-likeness (QED) is 0.828. The summed E-state index contributed by atoms with van der Waals surface area (Å²) in [7, 11) is 0. The van der Waals surface area contributed by atoms with Crippen LogP contribution in [0.1, 0.15) is 23.4 Å². The fourth-order valence-electron chi connectivity index (χ4n) is 2.12. The van der Waals surface area contributed by atoms with Crippen LogP contribution >= 0.6 is 0 Å². The molecule has 0 aliphatic heterocycles. The molecule has 2 heterocycles. The van der Waals surface area contributed by atoms with Gasteiger partial charge in [-0.05, 0) is 30.5 Å². The van der Waals surface area contributed by atoms with Crippen molar-refractivity contribution in [1.29, 1.82) is 0 Å². The molecule has 0 amide bonds. The van der Waals surface area contributed by atoms with Gasteiger partial charge < -0.3 is 4.98 Å². The number of imidazole rings is 1. The SMILES string of the molecule is C1=C(Cc2cnc[nH]2)CCc2cccnc21. The molecule has 1 aliphatic rings. The third-order valence-corrected chi connectivity index (χ3v) is 2.95. The lowest BCUT2D eigenvalue weighted by Crippen LogP contribution is -2.03. The molecule has 0 saturated heterocycles. The molecule has 1 N–H and O–H groups in total. The summed E-state index contributed by atoms with van der Waals surface area (Å²) in [6.45, 7) is 0. The minimum Gasteiger partial charge on any atom is -0.348 e. The molecule has 3 nitrogen and oxygen atoms in total. The van der Waals surface area contributed by atoms with E-state index >= 15 is 0 Å². The van der Waals surface area contributed by atoms with Crippen molar-refractivity contribution in [1.82, 2.24) is 15.0 Å². The van der Waals surface area contributed by atoms with Crippen molar-refractivity contribution in [3.8, 4) is 0 Å². The summed E-state index contributed by atoms with van der Waals surface area (Å²) in [5.74, 6) is 0. The summed E-state index contributed by atoms with van der Waals surface area (Å²) in [5.41, 5.74) is 5.08. The van der Waals surface area contributed by atoms with Gasteiger partial charge in [-0.3, -0.25) is 4.98 Å². The Morgan fingerprint density at radius 1 is 1.31 bits per heavy atom. The molecule has 2 aromatic heterocycles. The van der Waals surface area contributed by atoms with Crippen LogP contribution in [0.2, 0.25) is 0 Å². The van der Waals surface area contributed by atoms with Crippen LogP contribution in [0.25, 0.3) is 6.08 Å². The van der Waals surface area contributed by atoms with Crippen molar-refractivity contribution in [2.75, 3.05) is 0 Å². The first kappa shape index (κ1) is 9.33. The van der Waals surface area contributed by atoms with Gasteiger partial charge in [0, 0.05) is 24.5 Å². The van der Waals surface area contributed by atoms with Gasteiger partial charge in [-0.15, -0.1) is 0 Å². The van der Waals surface area contributed by atoms with Crippen LogP contribution in [0.4, 0.5) is 0 Å². The number of aromatic amines is 1. The predicted molar refractivity (Wildman–Crippen MR) is 62.8 cm³/mol. The van der Waals surface area contributed by atoms with Crippen LogP contribution in [0.5, 0.6) is 0 Å². The molecule has 3 rings (SSSR count). The zero-order chi connectivity index (χ0) is 10.8. The Bertz CT molecular complexity index is 512. The molecule has 0 unspecified atom stereocenters. The summed E-state index contributed by atoms with van der Waals surface area (Å²) in [4.78, 5) is 11.6. The van der Waals surface area contributed by atoms with Crippen molar-refractivity contribution in [3.63, 3.8) is 0 Å². The minimum absolute atomic E-state index is 0.954. The maximum Gasteiger partial charge on any atom is 0.0921 e. The van der Waals surface area contributed by atoms with E-state index in [1.54, 1.807) is 6.33 Å². The van der Waals surface area contributed by atoms with Crippen LogP contribution in [0.15, 0.2) is 36.4 Å². The van der Waals surface area contributed by atoms with Crippen LogP contribution in [0, 0.1) is 0 Å². The maximum atomic E-state index is 4.40. The molecule has 80 valence electrons.